The van der Waals surface area contributed by atoms with Gasteiger partial charge in [0.1, 0.15) is 5.00 Å². The smallest absolute Gasteiger partial charge is 0.277 e. The predicted molar refractivity (Wildman–Crippen MR) is 53.1 cm³/mol. The van der Waals surface area contributed by atoms with Gasteiger partial charge in [0, 0.05) is 0 Å². The van der Waals surface area contributed by atoms with Crippen LogP contribution in [0.25, 0.3) is 0 Å². The van der Waals surface area contributed by atoms with Gasteiger partial charge in [0.15, 0.2) is 5.01 Å². The number of nitrogens with one attached hydrogen (secondary N) is 1. The van der Waals surface area contributed by atoms with Gasteiger partial charge < -0.3 is 11.1 Å². The zero-order valence-electron chi connectivity index (χ0n) is 6.41. The van der Waals surface area contributed by atoms with E-state index in [1.54, 1.807) is 0 Å². The highest BCUT2D eigenvalue weighted by Crippen LogP contribution is 2.17. The highest BCUT2D eigenvalue weighted by Gasteiger charge is 2.08. The fourth-order valence-electron chi connectivity index (χ4n) is 0.617. The number of hydrogen-bond acceptors (Lipinski definition) is 4. The molecule has 0 aromatic carbocycles. The van der Waals surface area contributed by atoms with Crippen molar-refractivity contribution in [2.24, 2.45) is 5.73 Å². The molecule has 1 aromatic rings. The molecule has 0 aliphatic carbocycles. The number of alkyl halides is 1. The van der Waals surface area contributed by atoms with E-state index < -0.39 is 5.91 Å². The van der Waals surface area contributed by atoms with E-state index >= 15 is 0 Å². The molecule has 0 aliphatic rings. The number of nitrogens with two attached hydrogens (primary N) is 1. The first-order chi connectivity index (χ1) is 6.13. The Morgan fingerprint density at radius 3 is 2.85 bits per heavy atom. The second kappa shape index (κ2) is 4.33. The van der Waals surface area contributed by atoms with E-state index in [0.29, 0.717) is 5.00 Å². The molecule has 3 N–H and O–H groups in total. The number of aromatic nitrogens is 1. The van der Waals surface area contributed by atoms with Crippen LogP contribution in [0, 0.1) is 0 Å². The van der Waals surface area contributed by atoms with Gasteiger partial charge in [-0.3, -0.25) is 9.59 Å². The van der Waals surface area contributed by atoms with Gasteiger partial charge in [0.2, 0.25) is 5.91 Å². The van der Waals surface area contributed by atoms with E-state index in [4.69, 9.17) is 5.73 Å². The lowest BCUT2D eigenvalue weighted by atomic mass is 10.6. The molecule has 1 rings (SSSR count). The number of primary amides is 1. The van der Waals surface area contributed by atoms with Crippen molar-refractivity contribution in [2.75, 3.05) is 10.6 Å². The molecule has 0 spiro atoms. The molecule has 0 aliphatic heterocycles. The zero-order chi connectivity index (χ0) is 9.84. The maximum Gasteiger partial charge on any atom is 0.277 e. The maximum atomic E-state index is 10.9. The number of carbonyl (C=O) groups excluding carboxylic acids is 2. The molecule has 7 heteroatoms. The zero-order valence-corrected chi connectivity index (χ0v) is 8.81. The largest absolute Gasteiger partial charge is 0.364 e. The van der Waals surface area contributed by atoms with Crippen LogP contribution >= 0.6 is 27.3 Å². The topological polar surface area (TPSA) is 85.1 Å². The van der Waals surface area contributed by atoms with Gasteiger partial charge in [0.25, 0.3) is 5.91 Å². The molecule has 13 heavy (non-hydrogen) atoms. The van der Waals surface area contributed by atoms with Crippen molar-refractivity contribution in [3.63, 3.8) is 0 Å². The Balaban J connectivity index is 2.69. The van der Waals surface area contributed by atoms with E-state index in [9.17, 15) is 9.59 Å². The number of anilines is 1. The summed E-state index contributed by atoms with van der Waals surface area (Å²) in [6.45, 7) is 0. The van der Waals surface area contributed by atoms with Crippen LogP contribution in [-0.4, -0.2) is 22.1 Å². The van der Waals surface area contributed by atoms with Gasteiger partial charge in [-0.2, -0.15) is 0 Å². The maximum absolute atomic E-state index is 10.9. The Hall–Kier alpha value is -0.950. The quantitative estimate of drug-likeness (QED) is 0.783. The summed E-state index contributed by atoms with van der Waals surface area (Å²) in [5.41, 5.74) is 4.98. The van der Waals surface area contributed by atoms with E-state index in [1.165, 1.54) is 6.20 Å². The first-order valence-corrected chi connectivity index (χ1v) is 5.18. The second-order valence-corrected chi connectivity index (χ2v) is 3.67. The van der Waals surface area contributed by atoms with Crippen LogP contribution in [0.5, 0.6) is 0 Å². The summed E-state index contributed by atoms with van der Waals surface area (Å²) in [4.78, 5) is 25.2. The summed E-state index contributed by atoms with van der Waals surface area (Å²) in [5.74, 6) is -0.788. The average Bonchev–Trinajstić information content (AvgIpc) is 2.52. The van der Waals surface area contributed by atoms with Crippen LogP contribution in [0.4, 0.5) is 5.00 Å². The molecule has 0 saturated carbocycles. The Kier molecular flexibility index (Phi) is 3.38. The lowest BCUT2D eigenvalue weighted by molar-refractivity contribution is -0.113. The van der Waals surface area contributed by atoms with E-state index in [-0.39, 0.29) is 16.2 Å². The number of carbonyl (C=O) groups is 2. The highest BCUT2D eigenvalue weighted by molar-refractivity contribution is 9.09. The minimum atomic E-state index is -0.593. The monoisotopic (exact) mass is 263 g/mol. The number of rotatable bonds is 3. The summed E-state index contributed by atoms with van der Waals surface area (Å²) >= 11 is 4.03. The Bertz CT molecular complexity index is 338. The first kappa shape index (κ1) is 10.1. The van der Waals surface area contributed by atoms with Crippen LogP contribution < -0.4 is 11.1 Å². The van der Waals surface area contributed by atoms with Crippen LogP contribution in [0.1, 0.15) is 9.80 Å². The molecule has 5 nitrogen and oxygen atoms in total. The van der Waals surface area contributed by atoms with Crippen molar-refractivity contribution in [1.82, 2.24) is 4.98 Å². The molecule has 0 bridgehead atoms. The standard InChI is InChI=1S/C6H6BrN3O2S/c7-1-3(11)10-4-2-9-6(13-4)5(8)12/h2H,1H2,(H2,8,12)(H,10,11). The summed E-state index contributed by atoms with van der Waals surface area (Å²) < 4.78 is 0. The number of halogens is 1. The predicted octanol–water partition coefficient (Wildman–Crippen LogP) is 0.575. The Labute approximate surface area is 86.5 Å². The van der Waals surface area contributed by atoms with E-state index in [0.717, 1.165) is 11.3 Å². The molecule has 0 radical (unpaired) electrons. The number of thiazole rings is 1. The first-order valence-electron chi connectivity index (χ1n) is 3.25. The Morgan fingerprint density at radius 2 is 2.38 bits per heavy atom. The fraction of sp³-hybridized carbons (Fsp3) is 0.167. The molecule has 1 heterocycles. The third-order valence-electron chi connectivity index (χ3n) is 1.10. The van der Waals surface area contributed by atoms with Crippen molar-refractivity contribution in [2.45, 2.75) is 0 Å². The number of hydrogen-bond donors (Lipinski definition) is 2. The van der Waals surface area contributed by atoms with Crippen molar-refractivity contribution in [3.8, 4) is 0 Å². The lowest BCUT2D eigenvalue weighted by Crippen LogP contribution is -2.11. The molecule has 1 aromatic heterocycles. The van der Waals surface area contributed by atoms with Crippen molar-refractivity contribution < 1.29 is 9.59 Å². The molecule has 0 fully saturated rings. The van der Waals surface area contributed by atoms with Gasteiger partial charge in [-0.15, -0.1) is 0 Å². The van der Waals surface area contributed by atoms with Crippen molar-refractivity contribution in [3.05, 3.63) is 11.2 Å². The molecule has 0 unspecified atom stereocenters. The molecule has 2 amide bonds. The van der Waals surface area contributed by atoms with E-state index in [2.05, 4.69) is 26.2 Å². The van der Waals surface area contributed by atoms with Crippen LogP contribution in [0.15, 0.2) is 6.20 Å². The lowest BCUT2D eigenvalue weighted by Gasteiger charge is -1.95. The van der Waals surface area contributed by atoms with Crippen molar-refractivity contribution in [1.29, 1.82) is 0 Å². The van der Waals surface area contributed by atoms with Crippen LogP contribution in [0.3, 0.4) is 0 Å². The molecule has 70 valence electrons. The van der Waals surface area contributed by atoms with E-state index in [1.807, 2.05) is 0 Å². The molecule has 0 atom stereocenters. The number of nitrogens with zero attached hydrogens (tertiary/aromatic N) is 1. The molecule has 0 saturated heterocycles. The van der Waals surface area contributed by atoms with Crippen LogP contribution in [-0.2, 0) is 4.79 Å². The molecular formula is C6H6BrN3O2S. The summed E-state index contributed by atoms with van der Waals surface area (Å²) in [6, 6.07) is 0. The average molecular weight is 264 g/mol. The third-order valence-corrected chi connectivity index (χ3v) is 2.54. The highest BCUT2D eigenvalue weighted by atomic mass is 79.9. The van der Waals surface area contributed by atoms with Crippen molar-refractivity contribution >= 4 is 44.1 Å². The summed E-state index contributed by atoms with van der Waals surface area (Å²) in [6.07, 6.45) is 1.39. The van der Waals surface area contributed by atoms with Gasteiger partial charge in [-0.1, -0.05) is 27.3 Å². The third kappa shape index (κ3) is 2.78. The van der Waals surface area contributed by atoms with Gasteiger partial charge >= 0.3 is 0 Å². The van der Waals surface area contributed by atoms with Gasteiger partial charge in [-0.25, -0.2) is 4.98 Å². The summed E-state index contributed by atoms with van der Waals surface area (Å²) in [5, 5.41) is 3.43. The Morgan fingerprint density at radius 1 is 1.69 bits per heavy atom. The van der Waals surface area contributed by atoms with Gasteiger partial charge in [0.05, 0.1) is 11.5 Å². The normalized spacial score (nSPS) is 9.62. The van der Waals surface area contributed by atoms with Crippen LogP contribution in [0.2, 0.25) is 0 Å². The fourth-order valence-corrected chi connectivity index (χ4v) is 1.44. The minimum absolute atomic E-state index is 0.185. The second-order valence-electron chi connectivity index (χ2n) is 2.08. The number of amides is 2. The summed E-state index contributed by atoms with van der Waals surface area (Å²) in [7, 11) is 0. The molecular weight excluding hydrogens is 258 g/mol. The SMILES string of the molecule is NC(=O)c1ncc(NC(=O)CBr)s1. The van der Waals surface area contributed by atoms with Gasteiger partial charge in [-0.05, 0) is 0 Å². The minimum Gasteiger partial charge on any atom is -0.364 e.